The molecule has 0 aliphatic carbocycles. The molecule has 2 heterocycles. The fourth-order valence-electron chi connectivity index (χ4n) is 1.96. The predicted octanol–water partition coefficient (Wildman–Crippen LogP) is 2.83. The Kier molecular flexibility index (Phi) is 4.41. The summed E-state index contributed by atoms with van der Waals surface area (Å²) in [6, 6.07) is 7.37. The van der Waals surface area contributed by atoms with Crippen LogP contribution in [0.3, 0.4) is 0 Å². The van der Waals surface area contributed by atoms with Crippen LogP contribution in [0.1, 0.15) is 15.5 Å². The number of aromatic nitrogens is 4. The number of nitriles is 1. The van der Waals surface area contributed by atoms with E-state index in [1.807, 2.05) is 12.1 Å². The smallest absolute Gasteiger partial charge is 0.349 e. The summed E-state index contributed by atoms with van der Waals surface area (Å²) in [5, 5.41) is 26.4. The quantitative estimate of drug-likeness (QED) is 0.542. The Labute approximate surface area is 144 Å². The minimum atomic E-state index is -0.473. The van der Waals surface area contributed by atoms with Gasteiger partial charge in [0.2, 0.25) is 5.82 Å². The lowest BCUT2D eigenvalue weighted by Gasteiger charge is -2.01. The third kappa shape index (κ3) is 2.92. The monoisotopic (exact) mass is 360 g/mol. The summed E-state index contributed by atoms with van der Waals surface area (Å²) in [6.45, 7) is 0. The highest BCUT2D eigenvalue weighted by Crippen LogP contribution is 2.37. The van der Waals surface area contributed by atoms with Crippen molar-refractivity contribution in [3.8, 4) is 6.07 Å². The molecule has 0 amide bonds. The zero-order valence-corrected chi connectivity index (χ0v) is 13.8. The molecule has 0 aliphatic heterocycles. The highest BCUT2D eigenvalue weighted by Gasteiger charge is 2.17. The summed E-state index contributed by atoms with van der Waals surface area (Å²) < 4.78 is 5.53. The summed E-state index contributed by atoms with van der Waals surface area (Å²) in [7, 11) is 1.31. The first-order valence-electron chi connectivity index (χ1n) is 6.55. The lowest BCUT2D eigenvalue weighted by Crippen LogP contribution is -1.97. The zero-order valence-electron chi connectivity index (χ0n) is 12.2. The zero-order chi connectivity index (χ0) is 17.1. The van der Waals surface area contributed by atoms with Gasteiger partial charge in [0.15, 0.2) is 0 Å². The van der Waals surface area contributed by atoms with Crippen molar-refractivity contribution in [3.05, 3.63) is 40.1 Å². The number of nitrogens with one attached hydrogen (secondary N) is 2. The van der Waals surface area contributed by atoms with Gasteiger partial charge >= 0.3 is 5.97 Å². The molecule has 0 saturated heterocycles. The van der Waals surface area contributed by atoms with E-state index >= 15 is 0 Å². The van der Waals surface area contributed by atoms with E-state index in [0.29, 0.717) is 15.6 Å². The Hall–Kier alpha value is -2.96. The van der Waals surface area contributed by atoms with Gasteiger partial charge in [-0.2, -0.15) is 10.5 Å². The van der Waals surface area contributed by atoms with Crippen LogP contribution in [-0.4, -0.2) is 33.7 Å². The molecular formula is C14H9ClN6O2S. The van der Waals surface area contributed by atoms with E-state index in [1.165, 1.54) is 24.6 Å². The largest absolute Gasteiger partial charge is 0.465 e. The Morgan fingerprint density at radius 1 is 1.54 bits per heavy atom. The maximum Gasteiger partial charge on any atom is 0.349 e. The van der Waals surface area contributed by atoms with Crippen LogP contribution < -0.4 is 5.32 Å². The topological polar surface area (TPSA) is 117 Å². The molecule has 0 radical (unpaired) electrons. The summed E-state index contributed by atoms with van der Waals surface area (Å²) in [6.07, 6.45) is 1.47. The Morgan fingerprint density at radius 3 is 3.04 bits per heavy atom. The summed E-state index contributed by atoms with van der Waals surface area (Å²) >= 11 is 7.44. The third-order valence-electron chi connectivity index (χ3n) is 3.09. The number of allylic oxidation sites excluding steroid dienone is 1. The van der Waals surface area contributed by atoms with Crippen LogP contribution in [0.25, 0.3) is 15.7 Å². The number of hydrogen-bond donors (Lipinski definition) is 2. The van der Waals surface area contributed by atoms with E-state index in [-0.39, 0.29) is 11.4 Å². The number of thiophene rings is 1. The molecule has 0 saturated carbocycles. The number of tetrazole rings is 1. The van der Waals surface area contributed by atoms with Gasteiger partial charge in [0.05, 0.1) is 12.1 Å². The molecule has 3 aromatic rings. The van der Waals surface area contributed by atoms with Gasteiger partial charge in [0.25, 0.3) is 0 Å². The molecule has 0 aliphatic rings. The number of nitrogens with zero attached hydrogens (tertiary/aromatic N) is 4. The van der Waals surface area contributed by atoms with E-state index in [4.69, 9.17) is 21.6 Å². The van der Waals surface area contributed by atoms with Crippen molar-refractivity contribution in [2.45, 2.75) is 0 Å². The van der Waals surface area contributed by atoms with Crippen molar-refractivity contribution in [1.82, 2.24) is 20.6 Å². The molecule has 120 valence electrons. The number of hydrogen-bond acceptors (Lipinski definition) is 8. The highest BCUT2D eigenvalue weighted by atomic mass is 35.5. The number of ether oxygens (including phenoxy) is 1. The van der Waals surface area contributed by atoms with Crippen molar-refractivity contribution >= 4 is 50.3 Å². The van der Waals surface area contributed by atoms with Gasteiger partial charge in [0, 0.05) is 22.0 Å². The van der Waals surface area contributed by atoms with Crippen LogP contribution in [0.5, 0.6) is 0 Å². The number of methoxy groups -OCH3 is 1. The van der Waals surface area contributed by atoms with E-state index in [0.717, 1.165) is 10.1 Å². The minimum Gasteiger partial charge on any atom is -0.465 e. The average Bonchev–Trinajstić information content (AvgIpc) is 3.23. The molecule has 1 aromatic carbocycles. The Bertz CT molecular complexity index is 973. The van der Waals surface area contributed by atoms with Gasteiger partial charge in [0.1, 0.15) is 16.5 Å². The summed E-state index contributed by atoms with van der Waals surface area (Å²) in [5.74, 6) is -0.280. The third-order valence-corrected chi connectivity index (χ3v) is 4.73. The van der Waals surface area contributed by atoms with Gasteiger partial charge in [-0.1, -0.05) is 11.6 Å². The molecule has 8 nitrogen and oxygen atoms in total. The summed E-state index contributed by atoms with van der Waals surface area (Å²) in [5.41, 5.74) is 0.941. The second-order valence-electron chi connectivity index (χ2n) is 4.50. The fraction of sp³-hybridized carbons (Fsp3) is 0.0714. The van der Waals surface area contributed by atoms with Crippen molar-refractivity contribution in [2.24, 2.45) is 0 Å². The SMILES string of the molecule is COC(=O)c1sc2cc(NC=C(C#N)c3nn[nH]n3)ccc2c1Cl. The number of rotatable bonds is 4. The molecule has 3 rings (SSSR count). The molecule has 0 atom stereocenters. The first kappa shape index (κ1) is 15.9. The lowest BCUT2D eigenvalue weighted by atomic mass is 10.2. The van der Waals surface area contributed by atoms with Crippen molar-refractivity contribution in [1.29, 1.82) is 5.26 Å². The van der Waals surface area contributed by atoms with Crippen LogP contribution >= 0.6 is 22.9 Å². The number of halogens is 1. The number of carbonyl (C=O) groups excluding carboxylic acids is 1. The minimum absolute atomic E-state index is 0.193. The van der Waals surface area contributed by atoms with Gasteiger partial charge in [-0.05, 0) is 23.4 Å². The molecule has 10 heteroatoms. The summed E-state index contributed by atoms with van der Waals surface area (Å²) in [4.78, 5) is 12.0. The first-order valence-corrected chi connectivity index (χ1v) is 7.74. The second kappa shape index (κ2) is 6.66. The van der Waals surface area contributed by atoms with Gasteiger partial charge < -0.3 is 10.1 Å². The van der Waals surface area contributed by atoms with Crippen molar-refractivity contribution < 1.29 is 9.53 Å². The van der Waals surface area contributed by atoms with Gasteiger partial charge in [-0.15, -0.1) is 21.5 Å². The first-order chi connectivity index (χ1) is 11.6. The van der Waals surface area contributed by atoms with Crippen molar-refractivity contribution in [3.63, 3.8) is 0 Å². The standard InChI is InChI=1S/C14H9ClN6O2S/c1-23-14(22)12-11(15)9-3-2-8(4-10(9)24-12)17-6-7(5-16)13-18-20-21-19-13/h2-4,6,17H,1H3,(H,18,19,20,21). The molecule has 2 aromatic heterocycles. The van der Waals surface area contributed by atoms with E-state index in [1.54, 1.807) is 12.1 Å². The van der Waals surface area contributed by atoms with Crippen LogP contribution in [0.4, 0.5) is 5.69 Å². The van der Waals surface area contributed by atoms with Gasteiger partial charge in [-0.25, -0.2) is 4.79 Å². The Balaban J connectivity index is 1.91. The number of esters is 1. The number of fused-ring (bicyclic) bond motifs is 1. The second-order valence-corrected chi connectivity index (χ2v) is 5.93. The van der Waals surface area contributed by atoms with Crippen LogP contribution in [0.15, 0.2) is 24.4 Å². The fourth-order valence-corrected chi connectivity index (χ4v) is 3.42. The van der Waals surface area contributed by atoms with Crippen LogP contribution in [0.2, 0.25) is 5.02 Å². The lowest BCUT2D eigenvalue weighted by molar-refractivity contribution is 0.0606. The molecule has 0 spiro atoms. The number of aromatic amines is 1. The molecular weight excluding hydrogens is 352 g/mol. The normalized spacial score (nSPS) is 11.3. The number of H-pyrrole nitrogens is 1. The highest BCUT2D eigenvalue weighted by molar-refractivity contribution is 7.21. The van der Waals surface area contributed by atoms with E-state index in [2.05, 4.69) is 25.9 Å². The van der Waals surface area contributed by atoms with Crippen LogP contribution in [0, 0.1) is 11.3 Å². The maximum atomic E-state index is 11.7. The van der Waals surface area contributed by atoms with E-state index in [9.17, 15) is 4.79 Å². The maximum absolute atomic E-state index is 11.7. The predicted molar refractivity (Wildman–Crippen MR) is 89.6 cm³/mol. The molecule has 0 bridgehead atoms. The van der Waals surface area contributed by atoms with Crippen LogP contribution in [-0.2, 0) is 4.74 Å². The van der Waals surface area contributed by atoms with Gasteiger partial charge in [-0.3, -0.25) is 0 Å². The van der Waals surface area contributed by atoms with Crippen molar-refractivity contribution in [2.75, 3.05) is 12.4 Å². The average molecular weight is 361 g/mol. The number of benzene rings is 1. The molecule has 24 heavy (non-hydrogen) atoms. The molecule has 2 N–H and O–H groups in total. The molecule has 0 fully saturated rings. The Morgan fingerprint density at radius 2 is 2.38 bits per heavy atom. The van der Waals surface area contributed by atoms with E-state index < -0.39 is 5.97 Å². The number of anilines is 1. The molecule has 0 unspecified atom stereocenters. The number of carbonyl (C=O) groups is 1.